The van der Waals surface area contributed by atoms with Crippen molar-refractivity contribution in [3.63, 3.8) is 0 Å². The number of aromatic nitrogens is 3. The SMILES string of the molecule is NC(c1ccccc1)c1nc(Br)n[nH]1. The summed E-state index contributed by atoms with van der Waals surface area (Å²) in [6, 6.07) is 9.51. The molecule has 0 spiro atoms. The van der Waals surface area contributed by atoms with Gasteiger partial charge >= 0.3 is 0 Å². The van der Waals surface area contributed by atoms with Crippen LogP contribution in [-0.2, 0) is 0 Å². The van der Waals surface area contributed by atoms with E-state index in [1.807, 2.05) is 30.3 Å². The Morgan fingerprint density at radius 3 is 2.57 bits per heavy atom. The van der Waals surface area contributed by atoms with Crippen LogP contribution in [0, 0.1) is 0 Å². The lowest BCUT2D eigenvalue weighted by Crippen LogP contribution is -2.13. The van der Waals surface area contributed by atoms with Crippen molar-refractivity contribution in [3.05, 3.63) is 46.5 Å². The number of hydrogen-bond acceptors (Lipinski definition) is 3. The van der Waals surface area contributed by atoms with E-state index in [0.29, 0.717) is 10.6 Å². The Balaban J connectivity index is 2.29. The van der Waals surface area contributed by atoms with E-state index in [2.05, 4.69) is 31.1 Å². The van der Waals surface area contributed by atoms with Crippen LogP contribution in [0.5, 0.6) is 0 Å². The normalized spacial score (nSPS) is 12.7. The third-order valence-corrected chi connectivity index (χ3v) is 2.28. The van der Waals surface area contributed by atoms with Crippen molar-refractivity contribution < 1.29 is 0 Å². The molecule has 0 bridgehead atoms. The molecule has 0 radical (unpaired) electrons. The first-order valence-electron chi connectivity index (χ1n) is 4.15. The minimum atomic E-state index is -0.255. The summed E-state index contributed by atoms with van der Waals surface area (Å²) in [7, 11) is 0. The molecule has 1 aromatic heterocycles. The van der Waals surface area contributed by atoms with Crippen molar-refractivity contribution in [1.29, 1.82) is 0 Å². The standard InChI is InChI=1S/C9H9BrN4/c10-9-12-8(13-14-9)7(11)6-4-2-1-3-5-6/h1-5,7H,11H2,(H,12,13,14). The average molecular weight is 253 g/mol. The van der Waals surface area contributed by atoms with Crippen LogP contribution in [0.2, 0.25) is 0 Å². The Morgan fingerprint density at radius 1 is 1.29 bits per heavy atom. The van der Waals surface area contributed by atoms with Crippen LogP contribution in [0.4, 0.5) is 0 Å². The zero-order valence-electron chi connectivity index (χ0n) is 7.31. The molecule has 2 aromatic rings. The minimum absolute atomic E-state index is 0.255. The molecule has 3 N–H and O–H groups in total. The number of H-pyrrole nitrogens is 1. The van der Waals surface area contributed by atoms with Crippen molar-refractivity contribution in [2.75, 3.05) is 0 Å². The molecule has 72 valence electrons. The average Bonchev–Trinajstić information content (AvgIpc) is 2.65. The Hall–Kier alpha value is -1.20. The lowest BCUT2D eigenvalue weighted by molar-refractivity contribution is 0.787. The van der Waals surface area contributed by atoms with Gasteiger partial charge in [-0.25, -0.2) is 4.98 Å². The molecule has 0 saturated heterocycles. The van der Waals surface area contributed by atoms with Crippen molar-refractivity contribution >= 4 is 15.9 Å². The first kappa shape index (κ1) is 9.36. The summed E-state index contributed by atoms with van der Waals surface area (Å²) in [5.74, 6) is 0.656. The summed E-state index contributed by atoms with van der Waals surface area (Å²) in [4.78, 5) is 4.11. The molecular weight excluding hydrogens is 244 g/mol. The maximum atomic E-state index is 5.98. The molecule has 1 unspecified atom stereocenters. The van der Waals surface area contributed by atoms with Gasteiger partial charge in [0.1, 0.15) is 5.82 Å². The van der Waals surface area contributed by atoms with Crippen LogP contribution >= 0.6 is 15.9 Å². The summed E-state index contributed by atoms with van der Waals surface area (Å²) in [5.41, 5.74) is 6.99. The first-order chi connectivity index (χ1) is 6.77. The molecule has 1 aromatic carbocycles. The highest BCUT2D eigenvalue weighted by atomic mass is 79.9. The molecule has 5 heteroatoms. The van der Waals surface area contributed by atoms with Gasteiger partial charge in [-0.1, -0.05) is 30.3 Å². The van der Waals surface area contributed by atoms with Crippen LogP contribution in [0.1, 0.15) is 17.4 Å². The van der Waals surface area contributed by atoms with Gasteiger partial charge in [0.15, 0.2) is 0 Å². The fourth-order valence-corrected chi connectivity index (χ4v) is 1.49. The zero-order valence-corrected chi connectivity index (χ0v) is 8.90. The number of benzene rings is 1. The van der Waals surface area contributed by atoms with Gasteiger partial charge in [-0.05, 0) is 21.5 Å². The Labute approximate surface area is 89.7 Å². The number of nitrogens with one attached hydrogen (secondary N) is 1. The maximum absolute atomic E-state index is 5.98. The van der Waals surface area contributed by atoms with Crippen LogP contribution in [0.15, 0.2) is 35.1 Å². The number of aromatic amines is 1. The second-order valence-corrected chi connectivity index (χ2v) is 3.59. The summed E-state index contributed by atoms with van der Waals surface area (Å²) < 4.78 is 0.527. The molecular formula is C9H9BrN4. The van der Waals surface area contributed by atoms with Crippen molar-refractivity contribution in [2.45, 2.75) is 6.04 Å². The van der Waals surface area contributed by atoms with E-state index in [9.17, 15) is 0 Å². The molecule has 0 aliphatic rings. The fraction of sp³-hybridized carbons (Fsp3) is 0.111. The van der Waals surface area contributed by atoms with Gasteiger partial charge in [-0.15, -0.1) is 5.10 Å². The third kappa shape index (κ3) is 1.83. The highest BCUT2D eigenvalue weighted by Gasteiger charge is 2.12. The molecule has 14 heavy (non-hydrogen) atoms. The predicted molar refractivity (Wildman–Crippen MR) is 56.6 cm³/mol. The predicted octanol–water partition coefficient (Wildman–Crippen LogP) is 1.62. The largest absolute Gasteiger partial charge is 0.318 e. The molecule has 0 saturated carbocycles. The van der Waals surface area contributed by atoms with Gasteiger partial charge in [0, 0.05) is 0 Å². The van der Waals surface area contributed by atoms with Gasteiger partial charge in [-0.2, -0.15) is 0 Å². The van der Waals surface area contributed by atoms with Crippen molar-refractivity contribution in [1.82, 2.24) is 15.2 Å². The second kappa shape index (κ2) is 3.89. The fourth-order valence-electron chi connectivity index (χ4n) is 1.21. The van der Waals surface area contributed by atoms with E-state index in [-0.39, 0.29) is 6.04 Å². The first-order valence-corrected chi connectivity index (χ1v) is 4.95. The summed E-state index contributed by atoms with van der Waals surface area (Å²) in [6.45, 7) is 0. The number of nitrogens with two attached hydrogens (primary N) is 1. The van der Waals surface area contributed by atoms with Crippen LogP contribution in [0.25, 0.3) is 0 Å². The maximum Gasteiger partial charge on any atom is 0.217 e. The molecule has 0 aliphatic carbocycles. The second-order valence-electron chi connectivity index (χ2n) is 2.88. The number of halogens is 1. The Morgan fingerprint density at radius 2 is 2.00 bits per heavy atom. The topological polar surface area (TPSA) is 67.6 Å². The van der Waals surface area contributed by atoms with Gasteiger partial charge in [0.2, 0.25) is 4.73 Å². The lowest BCUT2D eigenvalue weighted by atomic mass is 10.1. The van der Waals surface area contributed by atoms with Gasteiger partial charge < -0.3 is 5.73 Å². The Bertz CT molecular complexity index is 412. The lowest BCUT2D eigenvalue weighted by Gasteiger charge is -2.07. The molecule has 1 heterocycles. The summed E-state index contributed by atoms with van der Waals surface area (Å²) >= 11 is 3.16. The highest BCUT2D eigenvalue weighted by Crippen LogP contribution is 2.16. The van der Waals surface area contributed by atoms with Gasteiger partial charge in [0.05, 0.1) is 6.04 Å². The summed E-state index contributed by atoms with van der Waals surface area (Å²) in [5, 5.41) is 6.63. The van der Waals surface area contributed by atoms with Crippen molar-refractivity contribution in [2.24, 2.45) is 5.73 Å². The molecule has 0 amide bonds. The smallest absolute Gasteiger partial charge is 0.217 e. The number of hydrogen-bond donors (Lipinski definition) is 2. The van der Waals surface area contributed by atoms with Crippen LogP contribution in [0.3, 0.4) is 0 Å². The van der Waals surface area contributed by atoms with Crippen LogP contribution in [-0.4, -0.2) is 15.2 Å². The van der Waals surface area contributed by atoms with E-state index >= 15 is 0 Å². The van der Waals surface area contributed by atoms with E-state index < -0.39 is 0 Å². The molecule has 0 fully saturated rings. The number of rotatable bonds is 2. The molecule has 4 nitrogen and oxygen atoms in total. The van der Waals surface area contributed by atoms with Crippen LogP contribution < -0.4 is 5.73 Å². The third-order valence-electron chi connectivity index (χ3n) is 1.93. The number of nitrogens with zero attached hydrogens (tertiary/aromatic N) is 2. The molecule has 0 aliphatic heterocycles. The summed E-state index contributed by atoms with van der Waals surface area (Å²) in [6.07, 6.45) is 0. The van der Waals surface area contributed by atoms with Gasteiger partial charge in [-0.3, -0.25) is 5.10 Å². The van der Waals surface area contributed by atoms with E-state index in [1.165, 1.54) is 0 Å². The van der Waals surface area contributed by atoms with E-state index in [1.54, 1.807) is 0 Å². The minimum Gasteiger partial charge on any atom is -0.318 e. The Kier molecular flexibility index (Phi) is 2.60. The van der Waals surface area contributed by atoms with E-state index in [0.717, 1.165) is 5.56 Å². The van der Waals surface area contributed by atoms with Gasteiger partial charge in [0.25, 0.3) is 0 Å². The highest BCUT2D eigenvalue weighted by molar-refractivity contribution is 9.10. The zero-order chi connectivity index (χ0) is 9.97. The monoisotopic (exact) mass is 252 g/mol. The quantitative estimate of drug-likeness (QED) is 0.854. The van der Waals surface area contributed by atoms with Crippen molar-refractivity contribution in [3.8, 4) is 0 Å². The molecule has 2 rings (SSSR count). The van der Waals surface area contributed by atoms with E-state index in [4.69, 9.17) is 5.73 Å². The molecule has 1 atom stereocenters.